The van der Waals surface area contributed by atoms with Crippen molar-refractivity contribution in [1.29, 1.82) is 0 Å². The summed E-state index contributed by atoms with van der Waals surface area (Å²) in [6.45, 7) is 1.10. The molecule has 1 aliphatic heterocycles. The molecule has 0 aromatic carbocycles. The van der Waals surface area contributed by atoms with Crippen LogP contribution in [0, 0.1) is 0 Å². The van der Waals surface area contributed by atoms with Crippen LogP contribution < -0.4 is 5.32 Å². The summed E-state index contributed by atoms with van der Waals surface area (Å²) >= 11 is 0. The number of aromatic nitrogens is 2. The number of amides is 1. The molecule has 6 nitrogen and oxygen atoms in total. The Balaban J connectivity index is 1.68. The number of hydrogen-bond donors (Lipinski definition) is 3. The Hall–Kier alpha value is -1.40. The molecule has 0 spiro atoms. The molecular formula is C15H23N3O3. The molecule has 116 valence electrons. The molecule has 2 aliphatic rings. The molecule has 2 heterocycles. The lowest BCUT2D eigenvalue weighted by Gasteiger charge is -2.26. The smallest absolute Gasteiger partial charge is 0.272 e. The highest BCUT2D eigenvalue weighted by atomic mass is 16.5. The zero-order valence-corrected chi connectivity index (χ0v) is 12.2. The van der Waals surface area contributed by atoms with Gasteiger partial charge in [-0.3, -0.25) is 9.89 Å². The number of H-pyrrole nitrogens is 1. The standard InChI is InChI=1S/C15H23N3O3/c19-13-6-4-2-1-3-5-12(13)16-15(20)14-10-9-21-8-7-11(10)17-18-14/h12-13,19H,1-9H2,(H,16,20)(H,17,18)/t12-,13-/m0/s1. The van der Waals surface area contributed by atoms with E-state index < -0.39 is 6.10 Å². The van der Waals surface area contributed by atoms with Crippen LogP contribution in [0.4, 0.5) is 0 Å². The fourth-order valence-corrected chi connectivity index (χ4v) is 3.17. The van der Waals surface area contributed by atoms with E-state index in [1.54, 1.807) is 0 Å². The predicted molar refractivity (Wildman–Crippen MR) is 76.9 cm³/mol. The first-order valence-corrected chi connectivity index (χ1v) is 7.88. The maximum Gasteiger partial charge on any atom is 0.272 e. The molecule has 1 aromatic heterocycles. The van der Waals surface area contributed by atoms with E-state index in [9.17, 15) is 9.90 Å². The number of ether oxygens (including phenoxy) is 1. The topological polar surface area (TPSA) is 87.2 Å². The first kappa shape index (κ1) is 14.5. The lowest BCUT2D eigenvalue weighted by atomic mass is 9.94. The third kappa shape index (κ3) is 3.27. The molecular weight excluding hydrogens is 270 g/mol. The van der Waals surface area contributed by atoms with Crippen molar-refractivity contribution in [2.75, 3.05) is 6.61 Å². The summed E-state index contributed by atoms with van der Waals surface area (Å²) in [6.07, 6.45) is 6.31. The van der Waals surface area contributed by atoms with Crippen LogP contribution in [-0.2, 0) is 17.8 Å². The van der Waals surface area contributed by atoms with Crippen LogP contribution in [0.1, 0.15) is 60.3 Å². The summed E-state index contributed by atoms with van der Waals surface area (Å²) in [7, 11) is 0. The number of nitrogens with zero attached hydrogens (tertiary/aromatic N) is 1. The van der Waals surface area contributed by atoms with Gasteiger partial charge < -0.3 is 15.2 Å². The van der Waals surface area contributed by atoms with Gasteiger partial charge in [-0.05, 0) is 12.8 Å². The summed E-state index contributed by atoms with van der Waals surface area (Å²) in [6, 6.07) is -0.172. The molecule has 0 radical (unpaired) electrons. The molecule has 1 aliphatic carbocycles. The molecule has 1 saturated carbocycles. The van der Waals surface area contributed by atoms with Crippen LogP contribution in [0.3, 0.4) is 0 Å². The molecule has 1 fully saturated rings. The maximum atomic E-state index is 12.4. The fourth-order valence-electron chi connectivity index (χ4n) is 3.17. The average molecular weight is 293 g/mol. The minimum Gasteiger partial charge on any atom is -0.391 e. The minimum atomic E-state index is -0.458. The normalized spacial score (nSPS) is 26.5. The van der Waals surface area contributed by atoms with E-state index in [0.29, 0.717) is 18.9 Å². The monoisotopic (exact) mass is 293 g/mol. The van der Waals surface area contributed by atoms with E-state index >= 15 is 0 Å². The molecule has 1 aromatic rings. The van der Waals surface area contributed by atoms with E-state index in [4.69, 9.17) is 4.74 Å². The summed E-state index contributed by atoms with van der Waals surface area (Å²) in [5.74, 6) is -0.206. The zero-order valence-electron chi connectivity index (χ0n) is 12.2. The van der Waals surface area contributed by atoms with Crippen molar-refractivity contribution in [3.63, 3.8) is 0 Å². The van der Waals surface area contributed by atoms with E-state index in [1.807, 2.05) is 0 Å². The molecule has 2 atom stereocenters. The number of nitrogens with one attached hydrogen (secondary N) is 2. The third-order valence-electron chi connectivity index (χ3n) is 4.46. The summed E-state index contributed by atoms with van der Waals surface area (Å²) in [4.78, 5) is 12.4. The minimum absolute atomic E-state index is 0.172. The van der Waals surface area contributed by atoms with Gasteiger partial charge in [-0.1, -0.05) is 25.7 Å². The van der Waals surface area contributed by atoms with Crippen molar-refractivity contribution in [2.24, 2.45) is 0 Å². The molecule has 3 N–H and O–H groups in total. The van der Waals surface area contributed by atoms with E-state index in [2.05, 4.69) is 15.5 Å². The van der Waals surface area contributed by atoms with Crippen LogP contribution >= 0.6 is 0 Å². The second kappa shape index (κ2) is 6.58. The van der Waals surface area contributed by atoms with Gasteiger partial charge in [-0.25, -0.2) is 0 Å². The first-order chi connectivity index (χ1) is 10.3. The lowest BCUT2D eigenvalue weighted by Crippen LogP contribution is -2.44. The molecule has 3 rings (SSSR count). The Kier molecular flexibility index (Phi) is 4.55. The van der Waals surface area contributed by atoms with E-state index in [0.717, 1.165) is 43.4 Å². The van der Waals surface area contributed by atoms with Gasteiger partial charge in [0.2, 0.25) is 0 Å². The second-order valence-electron chi connectivity index (χ2n) is 5.97. The first-order valence-electron chi connectivity index (χ1n) is 7.88. The van der Waals surface area contributed by atoms with Gasteiger partial charge in [0.05, 0.1) is 25.4 Å². The number of carbonyl (C=O) groups excluding carboxylic acids is 1. The van der Waals surface area contributed by atoms with E-state index in [1.165, 1.54) is 12.8 Å². The molecule has 0 saturated heterocycles. The Bertz CT molecular complexity index is 500. The summed E-state index contributed by atoms with van der Waals surface area (Å²) in [5, 5.41) is 20.2. The SMILES string of the molecule is O=C(N[C@H]1CCCCCC[C@@H]1O)c1n[nH]c2c1COCC2. The second-order valence-corrected chi connectivity index (χ2v) is 5.97. The van der Waals surface area contributed by atoms with Gasteiger partial charge >= 0.3 is 0 Å². The van der Waals surface area contributed by atoms with Gasteiger partial charge in [0, 0.05) is 17.7 Å². The Morgan fingerprint density at radius 2 is 2.10 bits per heavy atom. The molecule has 1 amide bonds. The van der Waals surface area contributed by atoms with E-state index in [-0.39, 0.29) is 11.9 Å². The van der Waals surface area contributed by atoms with Crippen molar-refractivity contribution in [3.8, 4) is 0 Å². The molecule has 0 unspecified atom stereocenters. The van der Waals surface area contributed by atoms with Gasteiger partial charge in [-0.2, -0.15) is 5.10 Å². The number of fused-ring (bicyclic) bond motifs is 1. The van der Waals surface area contributed by atoms with Gasteiger partial charge in [0.1, 0.15) is 0 Å². The third-order valence-corrected chi connectivity index (χ3v) is 4.46. The number of aliphatic hydroxyl groups excluding tert-OH is 1. The highest BCUT2D eigenvalue weighted by molar-refractivity contribution is 5.94. The molecule has 6 heteroatoms. The molecule has 0 bridgehead atoms. The van der Waals surface area contributed by atoms with Crippen LogP contribution in [-0.4, -0.2) is 40.0 Å². The number of rotatable bonds is 2. The Morgan fingerprint density at radius 3 is 2.95 bits per heavy atom. The summed E-state index contributed by atoms with van der Waals surface area (Å²) < 4.78 is 5.40. The van der Waals surface area contributed by atoms with Crippen LogP contribution in [0.25, 0.3) is 0 Å². The summed E-state index contributed by atoms with van der Waals surface area (Å²) in [5.41, 5.74) is 2.27. The molecule has 21 heavy (non-hydrogen) atoms. The van der Waals surface area contributed by atoms with Crippen molar-refractivity contribution in [1.82, 2.24) is 15.5 Å². The predicted octanol–water partition coefficient (Wildman–Crippen LogP) is 1.30. The quantitative estimate of drug-likeness (QED) is 0.767. The number of carbonyl (C=O) groups is 1. The van der Waals surface area contributed by atoms with Crippen LogP contribution in [0.15, 0.2) is 0 Å². The van der Waals surface area contributed by atoms with Crippen LogP contribution in [0.2, 0.25) is 0 Å². The van der Waals surface area contributed by atoms with Gasteiger partial charge in [-0.15, -0.1) is 0 Å². The van der Waals surface area contributed by atoms with Crippen molar-refractivity contribution >= 4 is 5.91 Å². The van der Waals surface area contributed by atoms with Crippen molar-refractivity contribution in [2.45, 2.75) is 63.7 Å². The number of hydrogen-bond acceptors (Lipinski definition) is 4. The number of aliphatic hydroxyl groups is 1. The Morgan fingerprint density at radius 1 is 1.29 bits per heavy atom. The lowest BCUT2D eigenvalue weighted by molar-refractivity contribution is 0.0757. The fraction of sp³-hybridized carbons (Fsp3) is 0.733. The van der Waals surface area contributed by atoms with Gasteiger partial charge in [0.25, 0.3) is 5.91 Å². The highest BCUT2D eigenvalue weighted by Crippen LogP contribution is 2.20. The zero-order chi connectivity index (χ0) is 14.7. The maximum absolute atomic E-state index is 12.4. The van der Waals surface area contributed by atoms with Crippen molar-refractivity contribution in [3.05, 3.63) is 17.0 Å². The highest BCUT2D eigenvalue weighted by Gasteiger charge is 2.27. The van der Waals surface area contributed by atoms with Crippen LogP contribution in [0.5, 0.6) is 0 Å². The average Bonchev–Trinajstić information content (AvgIpc) is 2.91. The number of aromatic amines is 1. The van der Waals surface area contributed by atoms with Crippen molar-refractivity contribution < 1.29 is 14.6 Å². The van der Waals surface area contributed by atoms with Gasteiger partial charge in [0.15, 0.2) is 5.69 Å². The Labute approximate surface area is 124 Å². The largest absolute Gasteiger partial charge is 0.391 e.